The van der Waals surface area contributed by atoms with Crippen LogP contribution in [0, 0.1) is 0 Å². The summed E-state index contributed by atoms with van der Waals surface area (Å²) in [6, 6.07) is 0. The minimum Gasteiger partial charge on any atom is -0.480 e. The zero-order valence-corrected chi connectivity index (χ0v) is 9.48. The number of carboxylic acid groups (broad SMARTS) is 1. The molecule has 1 atom stereocenters. The second-order valence-electron chi connectivity index (χ2n) is 3.47. The lowest BCUT2D eigenvalue weighted by atomic mass is 10.0. The highest BCUT2D eigenvalue weighted by Crippen LogP contribution is 2.21. The molecule has 8 nitrogen and oxygen atoms in total. The fraction of sp³-hybridized carbons (Fsp3) is 0.250. The number of H-pyrrole nitrogens is 1. The van der Waals surface area contributed by atoms with Crippen molar-refractivity contribution < 1.29 is 9.90 Å². The molecule has 0 aliphatic heterocycles. The number of nitrogens with one attached hydrogen (secondary N) is 1. The van der Waals surface area contributed by atoms with Gasteiger partial charge in [-0.2, -0.15) is 12.6 Å². The van der Waals surface area contributed by atoms with Crippen LogP contribution in [-0.2, 0) is 10.3 Å². The van der Waals surface area contributed by atoms with Gasteiger partial charge in [0.1, 0.15) is 5.52 Å². The topological polar surface area (TPSA) is 144 Å². The highest BCUT2D eigenvalue weighted by molar-refractivity contribution is 7.80. The molecule has 0 spiro atoms. The molecule has 17 heavy (non-hydrogen) atoms. The molecule has 2 aromatic rings. The van der Waals surface area contributed by atoms with Crippen LogP contribution in [0.2, 0.25) is 0 Å². The van der Waals surface area contributed by atoms with E-state index < -0.39 is 11.5 Å². The molecule has 0 aliphatic carbocycles. The Balaban J connectivity index is 2.66. The molecule has 6 N–H and O–H groups in total. The molecule has 0 aliphatic rings. The number of rotatable bonds is 3. The number of aromatic nitrogens is 4. The zero-order valence-electron chi connectivity index (χ0n) is 8.58. The average Bonchev–Trinajstić information content (AvgIpc) is 2.76. The van der Waals surface area contributed by atoms with Gasteiger partial charge in [-0.1, -0.05) is 0 Å². The largest absolute Gasteiger partial charge is 0.480 e. The van der Waals surface area contributed by atoms with E-state index in [1.807, 2.05) is 0 Å². The van der Waals surface area contributed by atoms with E-state index in [1.165, 1.54) is 6.33 Å². The second-order valence-corrected chi connectivity index (χ2v) is 3.78. The fourth-order valence-electron chi connectivity index (χ4n) is 1.29. The van der Waals surface area contributed by atoms with Crippen LogP contribution in [-0.4, -0.2) is 36.8 Å². The molecular weight excluding hydrogens is 244 g/mol. The molecule has 0 saturated heterocycles. The number of nitrogens with zero attached hydrogens (tertiary/aromatic N) is 3. The van der Waals surface area contributed by atoms with Gasteiger partial charge in [0.05, 0.1) is 6.33 Å². The minimum atomic E-state index is -1.79. The van der Waals surface area contributed by atoms with Crippen LogP contribution < -0.4 is 11.5 Å². The number of nitrogens with two attached hydrogens (primary N) is 2. The molecule has 2 aromatic heterocycles. The lowest BCUT2D eigenvalue weighted by Gasteiger charge is -2.20. The van der Waals surface area contributed by atoms with Gasteiger partial charge in [0.25, 0.3) is 0 Å². The molecule has 0 radical (unpaired) electrons. The van der Waals surface area contributed by atoms with Gasteiger partial charge < -0.3 is 21.6 Å². The van der Waals surface area contributed by atoms with Gasteiger partial charge in [0.15, 0.2) is 22.8 Å². The number of fused-ring (bicyclic) bond motifs is 1. The standard InChI is InChI=1S/C8H10N6O2S/c9-4-3-5(12-2-11-3)14-6(13-4)8(10,1-17)7(15)16/h2,17H,1,10H2,(H,15,16)(H3,9,11,12,13,14). The zero-order chi connectivity index (χ0) is 12.6. The maximum Gasteiger partial charge on any atom is 0.332 e. The first-order chi connectivity index (χ1) is 7.99. The first kappa shape index (κ1) is 11.6. The first-order valence-corrected chi connectivity index (χ1v) is 5.22. The number of aliphatic carboxylic acids is 1. The number of carbonyl (C=O) groups is 1. The summed E-state index contributed by atoms with van der Waals surface area (Å²) in [7, 11) is 0. The number of nitrogen functional groups attached to an aromatic ring is 1. The Labute approximate surface area is 101 Å². The summed E-state index contributed by atoms with van der Waals surface area (Å²) < 4.78 is 0. The van der Waals surface area contributed by atoms with Gasteiger partial charge in [-0.25, -0.2) is 19.7 Å². The van der Waals surface area contributed by atoms with Crippen molar-refractivity contribution in [2.75, 3.05) is 11.5 Å². The van der Waals surface area contributed by atoms with E-state index in [0.717, 1.165) is 0 Å². The van der Waals surface area contributed by atoms with E-state index in [2.05, 4.69) is 32.6 Å². The molecular formula is C8H10N6O2S. The van der Waals surface area contributed by atoms with E-state index in [1.54, 1.807) is 0 Å². The first-order valence-electron chi connectivity index (χ1n) is 4.59. The number of carboxylic acids is 1. The van der Waals surface area contributed by atoms with Crippen LogP contribution in [0.5, 0.6) is 0 Å². The van der Waals surface area contributed by atoms with Crippen molar-refractivity contribution in [3.8, 4) is 0 Å². The smallest absolute Gasteiger partial charge is 0.332 e. The van der Waals surface area contributed by atoms with E-state index in [9.17, 15) is 4.79 Å². The van der Waals surface area contributed by atoms with Gasteiger partial charge in [0, 0.05) is 5.75 Å². The van der Waals surface area contributed by atoms with Crippen LogP contribution >= 0.6 is 12.6 Å². The second kappa shape index (κ2) is 3.86. The maximum atomic E-state index is 11.1. The number of hydrogen-bond donors (Lipinski definition) is 5. The van der Waals surface area contributed by atoms with Crippen LogP contribution in [0.4, 0.5) is 5.82 Å². The van der Waals surface area contributed by atoms with E-state index in [4.69, 9.17) is 16.6 Å². The van der Waals surface area contributed by atoms with E-state index in [0.29, 0.717) is 5.52 Å². The summed E-state index contributed by atoms with van der Waals surface area (Å²) in [6.45, 7) is 0. The van der Waals surface area contributed by atoms with Crippen molar-refractivity contribution in [3.63, 3.8) is 0 Å². The van der Waals surface area contributed by atoms with Crippen molar-refractivity contribution >= 4 is 35.6 Å². The van der Waals surface area contributed by atoms with Crippen LogP contribution in [0.3, 0.4) is 0 Å². The molecule has 0 fully saturated rings. The SMILES string of the molecule is Nc1nc(C(N)(CS)C(=O)O)nc2nc[nH]c12. The number of thiol groups is 1. The van der Waals surface area contributed by atoms with Crippen molar-refractivity contribution in [2.24, 2.45) is 5.73 Å². The normalized spacial score (nSPS) is 14.7. The average molecular weight is 254 g/mol. The Morgan fingerprint density at radius 3 is 2.88 bits per heavy atom. The molecule has 90 valence electrons. The van der Waals surface area contributed by atoms with Crippen molar-refractivity contribution in [3.05, 3.63) is 12.2 Å². The van der Waals surface area contributed by atoms with E-state index in [-0.39, 0.29) is 23.0 Å². The summed E-state index contributed by atoms with van der Waals surface area (Å²) in [5.74, 6) is -1.45. The molecule has 1 unspecified atom stereocenters. The number of imidazole rings is 1. The lowest BCUT2D eigenvalue weighted by Crippen LogP contribution is -2.48. The van der Waals surface area contributed by atoms with E-state index >= 15 is 0 Å². The Morgan fingerprint density at radius 2 is 2.29 bits per heavy atom. The third-order valence-electron chi connectivity index (χ3n) is 2.34. The summed E-state index contributed by atoms with van der Waals surface area (Å²) in [5, 5.41) is 9.08. The lowest BCUT2D eigenvalue weighted by molar-refractivity contribution is -0.143. The number of hydrogen-bond acceptors (Lipinski definition) is 7. The predicted molar refractivity (Wildman–Crippen MR) is 63.5 cm³/mol. The van der Waals surface area contributed by atoms with Crippen molar-refractivity contribution in [2.45, 2.75) is 5.54 Å². The monoisotopic (exact) mass is 254 g/mol. The minimum absolute atomic E-state index is 0.0976. The van der Waals surface area contributed by atoms with Gasteiger partial charge in [-0.05, 0) is 0 Å². The Morgan fingerprint density at radius 1 is 1.59 bits per heavy atom. The fourth-order valence-corrected chi connectivity index (χ4v) is 1.57. The summed E-state index contributed by atoms with van der Waals surface area (Å²) in [6.07, 6.45) is 1.39. The van der Waals surface area contributed by atoms with Crippen molar-refractivity contribution in [1.29, 1.82) is 0 Å². The summed E-state index contributed by atoms with van der Waals surface area (Å²) in [5.41, 5.74) is 10.3. The highest BCUT2D eigenvalue weighted by atomic mass is 32.1. The predicted octanol–water partition coefficient (Wildman–Crippen LogP) is -0.897. The quantitative estimate of drug-likeness (QED) is 0.446. The van der Waals surface area contributed by atoms with Gasteiger partial charge >= 0.3 is 5.97 Å². The molecule has 9 heteroatoms. The maximum absolute atomic E-state index is 11.1. The number of anilines is 1. The van der Waals surface area contributed by atoms with Crippen LogP contribution in [0.25, 0.3) is 11.2 Å². The van der Waals surface area contributed by atoms with Gasteiger partial charge in [-0.3, -0.25) is 0 Å². The molecule has 2 heterocycles. The third kappa shape index (κ3) is 1.68. The molecule has 0 amide bonds. The van der Waals surface area contributed by atoms with Crippen LogP contribution in [0.1, 0.15) is 5.82 Å². The Bertz CT molecular complexity index is 584. The highest BCUT2D eigenvalue weighted by Gasteiger charge is 2.38. The van der Waals surface area contributed by atoms with Gasteiger partial charge in [-0.15, -0.1) is 0 Å². The third-order valence-corrected chi connectivity index (χ3v) is 2.84. The molecule has 2 rings (SSSR count). The number of aromatic amines is 1. The molecule has 0 saturated carbocycles. The molecule has 0 bridgehead atoms. The Hall–Kier alpha value is -1.87. The Kier molecular flexibility index (Phi) is 2.63. The summed E-state index contributed by atoms with van der Waals surface area (Å²) >= 11 is 3.91. The molecule has 0 aromatic carbocycles. The summed E-state index contributed by atoms with van der Waals surface area (Å²) in [4.78, 5) is 25.6. The van der Waals surface area contributed by atoms with Crippen LogP contribution in [0.15, 0.2) is 6.33 Å². The van der Waals surface area contributed by atoms with Crippen molar-refractivity contribution in [1.82, 2.24) is 19.9 Å². The van der Waals surface area contributed by atoms with Gasteiger partial charge in [0.2, 0.25) is 0 Å².